The Bertz CT molecular complexity index is 1060. The maximum atomic E-state index is 14.1. The number of carbonyl (C=O) groups excluding carboxylic acids is 1. The number of nitrogens with one attached hydrogen (secondary N) is 1. The number of hydrogen-bond donors (Lipinski definition) is 1. The number of hydrogen-bond acceptors (Lipinski definition) is 5. The van der Waals surface area contributed by atoms with Crippen molar-refractivity contribution in [3.63, 3.8) is 0 Å². The molecule has 2 amide bonds. The first-order valence-electron chi connectivity index (χ1n) is 11.1. The second kappa shape index (κ2) is 9.58. The van der Waals surface area contributed by atoms with Crippen LogP contribution in [0.5, 0.6) is 0 Å². The Morgan fingerprint density at radius 3 is 2.75 bits per heavy atom. The van der Waals surface area contributed by atoms with Gasteiger partial charge in [-0.1, -0.05) is 18.2 Å². The smallest absolute Gasteiger partial charge is 0.317 e. The molecule has 1 atom stereocenters. The van der Waals surface area contributed by atoms with Gasteiger partial charge in [0.05, 0.1) is 36.8 Å². The minimum Gasteiger partial charge on any atom is -0.376 e. The third-order valence-corrected chi connectivity index (χ3v) is 7.38. The standard InChI is InChI=1S/C22H29FN4O4S/c1-2-24-21(28)26(17-9-10-17)13-18-12-25-22(27(18)14-19-7-5-11-31-19)32(29,30)15-16-6-3-4-8-20(16)23/h3-4,6,8,12,17,19H,2,5,7,9-11,13-15H2,1H3,(H,24,28)/t19-/m1/s1. The van der Waals surface area contributed by atoms with E-state index in [4.69, 9.17) is 4.74 Å². The predicted octanol–water partition coefficient (Wildman–Crippen LogP) is 2.87. The van der Waals surface area contributed by atoms with Gasteiger partial charge < -0.3 is 19.5 Å². The highest BCUT2D eigenvalue weighted by atomic mass is 32.2. The highest BCUT2D eigenvalue weighted by Crippen LogP contribution is 2.30. The Labute approximate surface area is 187 Å². The van der Waals surface area contributed by atoms with Gasteiger partial charge in [0.15, 0.2) is 0 Å². The van der Waals surface area contributed by atoms with Crippen LogP contribution >= 0.6 is 0 Å². The molecule has 2 heterocycles. The number of carbonyl (C=O) groups is 1. The number of urea groups is 1. The van der Waals surface area contributed by atoms with E-state index in [2.05, 4.69) is 10.3 Å². The van der Waals surface area contributed by atoms with Crippen molar-refractivity contribution in [1.82, 2.24) is 19.8 Å². The summed E-state index contributed by atoms with van der Waals surface area (Å²) in [5.74, 6) is -1.05. The third-order valence-electron chi connectivity index (χ3n) is 5.80. The van der Waals surface area contributed by atoms with Gasteiger partial charge in [0.2, 0.25) is 15.0 Å². The fourth-order valence-electron chi connectivity index (χ4n) is 4.02. The molecule has 1 aliphatic carbocycles. The number of amides is 2. The lowest BCUT2D eigenvalue weighted by Gasteiger charge is -2.24. The van der Waals surface area contributed by atoms with Gasteiger partial charge in [-0.2, -0.15) is 0 Å². The third kappa shape index (κ3) is 5.12. The molecule has 0 radical (unpaired) electrons. The van der Waals surface area contributed by atoms with Crippen LogP contribution in [0.2, 0.25) is 0 Å². The summed E-state index contributed by atoms with van der Waals surface area (Å²) in [5.41, 5.74) is 0.730. The molecule has 1 N–H and O–H groups in total. The first kappa shape index (κ1) is 22.7. The fraction of sp³-hybridized carbons (Fsp3) is 0.545. The Balaban J connectivity index is 1.65. The van der Waals surface area contributed by atoms with Crippen molar-refractivity contribution in [2.24, 2.45) is 0 Å². The van der Waals surface area contributed by atoms with Crippen molar-refractivity contribution in [3.8, 4) is 0 Å². The summed E-state index contributed by atoms with van der Waals surface area (Å²) in [6, 6.07) is 5.81. The number of ether oxygens (including phenoxy) is 1. The first-order chi connectivity index (χ1) is 15.4. The first-order valence-corrected chi connectivity index (χ1v) is 12.7. The molecule has 0 bridgehead atoms. The number of nitrogens with zero attached hydrogens (tertiary/aromatic N) is 3. The molecule has 174 valence electrons. The van der Waals surface area contributed by atoms with Crippen LogP contribution in [0.4, 0.5) is 9.18 Å². The van der Waals surface area contributed by atoms with Crippen molar-refractivity contribution in [2.75, 3.05) is 13.2 Å². The quantitative estimate of drug-likeness (QED) is 0.616. The van der Waals surface area contributed by atoms with Crippen LogP contribution in [0.15, 0.2) is 35.6 Å². The molecule has 2 aliphatic rings. The zero-order chi connectivity index (χ0) is 22.7. The van der Waals surface area contributed by atoms with E-state index in [1.807, 2.05) is 6.92 Å². The molecule has 32 heavy (non-hydrogen) atoms. The molecule has 0 unspecified atom stereocenters. The van der Waals surface area contributed by atoms with E-state index < -0.39 is 21.4 Å². The monoisotopic (exact) mass is 464 g/mol. The van der Waals surface area contributed by atoms with Gasteiger partial charge in [-0.25, -0.2) is 22.6 Å². The molecule has 1 aliphatic heterocycles. The van der Waals surface area contributed by atoms with Crippen LogP contribution < -0.4 is 5.32 Å². The summed E-state index contributed by atoms with van der Waals surface area (Å²) < 4.78 is 48.0. The normalized spacial score (nSPS) is 18.6. The van der Waals surface area contributed by atoms with Gasteiger partial charge in [0, 0.05) is 24.8 Å². The molecule has 2 fully saturated rings. The molecular formula is C22H29FN4O4S. The molecule has 8 nitrogen and oxygen atoms in total. The maximum Gasteiger partial charge on any atom is 0.317 e. The van der Waals surface area contributed by atoms with Crippen LogP contribution in [0.1, 0.15) is 43.9 Å². The molecular weight excluding hydrogens is 435 g/mol. The number of imidazole rings is 1. The van der Waals surface area contributed by atoms with Gasteiger partial charge >= 0.3 is 6.03 Å². The van der Waals surface area contributed by atoms with E-state index in [1.54, 1.807) is 15.5 Å². The average molecular weight is 465 g/mol. The largest absolute Gasteiger partial charge is 0.376 e. The second-order valence-corrected chi connectivity index (χ2v) is 10.2. The fourth-order valence-corrected chi connectivity index (χ4v) is 5.53. The number of halogens is 1. The molecule has 1 saturated heterocycles. The van der Waals surface area contributed by atoms with Gasteiger partial charge in [0.25, 0.3) is 0 Å². The van der Waals surface area contributed by atoms with E-state index in [9.17, 15) is 17.6 Å². The van der Waals surface area contributed by atoms with Crippen molar-refractivity contribution >= 4 is 15.9 Å². The van der Waals surface area contributed by atoms with Crippen LogP contribution in [-0.4, -0.2) is 54.2 Å². The summed E-state index contributed by atoms with van der Waals surface area (Å²) in [6.45, 7) is 3.59. The molecule has 4 rings (SSSR count). The lowest BCUT2D eigenvalue weighted by molar-refractivity contribution is 0.0934. The van der Waals surface area contributed by atoms with Crippen LogP contribution in [0, 0.1) is 5.82 Å². The van der Waals surface area contributed by atoms with Crippen molar-refractivity contribution in [3.05, 3.63) is 47.5 Å². The van der Waals surface area contributed by atoms with Crippen molar-refractivity contribution in [2.45, 2.75) is 68.8 Å². The molecule has 1 aromatic heterocycles. The van der Waals surface area contributed by atoms with Crippen LogP contribution in [0.3, 0.4) is 0 Å². The van der Waals surface area contributed by atoms with Crippen LogP contribution in [-0.2, 0) is 33.4 Å². The lowest BCUT2D eigenvalue weighted by atomic mass is 10.2. The average Bonchev–Trinajstić information content (AvgIpc) is 3.30. The van der Waals surface area contributed by atoms with Gasteiger partial charge in [-0.15, -0.1) is 0 Å². The highest BCUT2D eigenvalue weighted by Gasteiger charge is 2.34. The Kier molecular flexibility index (Phi) is 6.80. The van der Waals surface area contributed by atoms with E-state index in [-0.39, 0.29) is 35.4 Å². The molecule has 0 spiro atoms. The van der Waals surface area contributed by atoms with Gasteiger partial charge in [0.1, 0.15) is 5.82 Å². The second-order valence-electron chi connectivity index (χ2n) is 8.32. The number of aromatic nitrogens is 2. The minimum absolute atomic E-state index is 0.0997. The van der Waals surface area contributed by atoms with E-state index >= 15 is 0 Å². The summed E-state index contributed by atoms with van der Waals surface area (Å²) in [7, 11) is -3.92. The molecule has 1 saturated carbocycles. The Hall–Kier alpha value is -2.46. The summed E-state index contributed by atoms with van der Waals surface area (Å²) in [6.07, 6.45) is 4.98. The number of benzene rings is 1. The van der Waals surface area contributed by atoms with E-state index in [1.165, 1.54) is 24.4 Å². The number of sulfone groups is 1. The summed E-state index contributed by atoms with van der Waals surface area (Å²) in [4.78, 5) is 18.5. The highest BCUT2D eigenvalue weighted by molar-refractivity contribution is 7.90. The molecule has 10 heteroatoms. The van der Waals surface area contributed by atoms with Crippen molar-refractivity contribution in [1.29, 1.82) is 0 Å². The molecule has 2 aromatic rings. The SMILES string of the molecule is CCNC(=O)N(Cc1cnc(S(=O)(=O)Cc2ccccc2F)n1C[C@H]1CCCO1)C1CC1. The topological polar surface area (TPSA) is 93.5 Å². The van der Waals surface area contributed by atoms with Gasteiger partial charge in [-0.05, 0) is 38.7 Å². The predicted molar refractivity (Wildman–Crippen MR) is 116 cm³/mol. The number of rotatable bonds is 9. The lowest BCUT2D eigenvalue weighted by Crippen LogP contribution is -2.41. The van der Waals surface area contributed by atoms with Crippen LogP contribution in [0.25, 0.3) is 0 Å². The zero-order valence-electron chi connectivity index (χ0n) is 18.2. The zero-order valence-corrected chi connectivity index (χ0v) is 19.0. The maximum absolute atomic E-state index is 14.1. The molecule has 1 aromatic carbocycles. The Morgan fingerprint density at radius 2 is 2.09 bits per heavy atom. The minimum atomic E-state index is -3.92. The van der Waals surface area contributed by atoms with E-state index in [0.29, 0.717) is 25.4 Å². The summed E-state index contributed by atoms with van der Waals surface area (Å²) in [5, 5.41) is 2.72. The van der Waals surface area contributed by atoms with Crippen molar-refractivity contribution < 1.29 is 22.3 Å². The summed E-state index contributed by atoms with van der Waals surface area (Å²) >= 11 is 0. The Morgan fingerprint density at radius 1 is 1.31 bits per heavy atom. The van der Waals surface area contributed by atoms with E-state index in [0.717, 1.165) is 25.7 Å². The van der Waals surface area contributed by atoms with Gasteiger partial charge in [-0.3, -0.25) is 0 Å².